The number of alkyl halides is 1. The largest absolute Gasteiger partial charge is 0.324 e. The van der Waals surface area contributed by atoms with Crippen molar-refractivity contribution in [3.63, 3.8) is 0 Å². The summed E-state index contributed by atoms with van der Waals surface area (Å²) in [5, 5.41) is 1.77. The van der Waals surface area contributed by atoms with E-state index >= 15 is 0 Å². The molecule has 1 N–H and O–H groups in total. The highest BCUT2D eigenvalue weighted by atomic mass is 35.5. The van der Waals surface area contributed by atoms with Gasteiger partial charge in [0.05, 0.1) is 0 Å². The van der Waals surface area contributed by atoms with E-state index in [-0.39, 0.29) is 5.91 Å². The topological polar surface area (TPSA) is 29.1 Å². The Morgan fingerprint density at radius 2 is 1.83 bits per heavy atom. The number of hydrogen-bond acceptors (Lipinski definition) is 1. The molecule has 92 valence electrons. The first kappa shape index (κ1) is 12.6. The van der Waals surface area contributed by atoms with Crippen molar-refractivity contribution in [3.05, 3.63) is 66.0 Å². The van der Waals surface area contributed by atoms with Crippen LogP contribution in [0.2, 0.25) is 0 Å². The second-order valence-corrected chi connectivity index (χ2v) is 4.21. The fourth-order valence-electron chi connectivity index (χ4n) is 1.55. The van der Waals surface area contributed by atoms with Gasteiger partial charge in [-0.15, -0.1) is 11.6 Å². The summed E-state index contributed by atoms with van der Waals surface area (Å²) >= 11 is 6.04. The van der Waals surface area contributed by atoms with Crippen LogP contribution in [0.25, 0.3) is 0 Å². The van der Waals surface area contributed by atoms with Crippen LogP contribution in [0.4, 0.5) is 10.1 Å². The van der Waals surface area contributed by atoms with E-state index in [2.05, 4.69) is 5.32 Å². The molecule has 0 heterocycles. The molecular formula is C14H11ClFNO. The van der Waals surface area contributed by atoms with Crippen LogP contribution in [0.1, 0.15) is 10.9 Å². The van der Waals surface area contributed by atoms with Gasteiger partial charge in [0, 0.05) is 5.69 Å². The molecule has 0 saturated heterocycles. The average molecular weight is 264 g/mol. The Morgan fingerprint density at radius 3 is 2.50 bits per heavy atom. The molecule has 0 bridgehead atoms. The summed E-state index contributed by atoms with van der Waals surface area (Å²) in [7, 11) is 0. The molecule has 0 aliphatic rings. The smallest absolute Gasteiger partial charge is 0.246 e. The minimum atomic E-state index is -0.797. The van der Waals surface area contributed by atoms with Gasteiger partial charge in [0.2, 0.25) is 5.91 Å². The van der Waals surface area contributed by atoms with E-state index < -0.39 is 11.2 Å². The molecule has 2 nitrogen and oxygen atoms in total. The summed E-state index contributed by atoms with van der Waals surface area (Å²) in [6.07, 6.45) is 0. The number of amides is 1. The number of rotatable bonds is 3. The Hall–Kier alpha value is -1.87. The molecule has 0 fully saturated rings. The van der Waals surface area contributed by atoms with Crippen LogP contribution in [-0.2, 0) is 4.79 Å². The van der Waals surface area contributed by atoms with Gasteiger partial charge >= 0.3 is 0 Å². The quantitative estimate of drug-likeness (QED) is 0.840. The lowest BCUT2D eigenvalue weighted by atomic mass is 10.1. The Balaban J connectivity index is 2.09. The Morgan fingerprint density at radius 1 is 1.11 bits per heavy atom. The monoisotopic (exact) mass is 263 g/mol. The van der Waals surface area contributed by atoms with E-state index in [1.165, 1.54) is 18.2 Å². The van der Waals surface area contributed by atoms with Gasteiger partial charge in [0.15, 0.2) is 0 Å². The number of nitrogens with one attached hydrogen (secondary N) is 1. The van der Waals surface area contributed by atoms with Crippen LogP contribution in [0.3, 0.4) is 0 Å². The summed E-state index contributed by atoms with van der Waals surface area (Å²) in [6.45, 7) is 0. The maximum atomic E-state index is 13.0. The molecule has 2 aromatic carbocycles. The molecule has 0 radical (unpaired) electrons. The lowest BCUT2D eigenvalue weighted by Crippen LogP contribution is -2.17. The van der Waals surface area contributed by atoms with E-state index in [1.807, 2.05) is 6.07 Å². The number of carbonyl (C=O) groups excluding carboxylic acids is 1. The molecule has 1 amide bonds. The Labute approximate surface area is 109 Å². The molecular weight excluding hydrogens is 253 g/mol. The highest BCUT2D eigenvalue weighted by Gasteiger charge is 2.17. The van der Waals surface area contributed by atoms with E-state index in [4.69, 9.17) is 11.6 Å². The van der Waals surface area contributed by atoms with Crippen LogP contribution in [0.5, 0.6) is 0 Å². The van der Waals surface area contributed by atoms with Gasteiger partial charge in [-0.2, -0.15) is 0 Å². The Kier molecular flexibility index (Phi) is 3.95. The second kappa shape index (κ2) is 5.65. The van der Waals surface area contributed by atoms with Gasteiger partial charge in [0.25, 0.3) is 0 Å². The van der Waals surface area contributed by atoms with Crippen molar-refractivity contribution in [3.8, 4) is 0 Å². The number of halogens is 2. The third kappa shape index (κ3) is 3.08. The second-order valence-electron chi connectivity index (χ2n) is 3.77. The van der Waals surface area contributed by atoms with Crippen molar-refractivity contribution >= 4 is 23.2 Å². The fraction of sp³-hybridized carbons (Fsp3) is 0.0714. The van der Waals surface area contributed by atoms with E-state index in [0.29, 0.717) is 11.3 Å². The zero-order valence-corrected chi connectivity index (χ0v) is 10.2. The maximum absolute atomic E-state index is 13.0. The van der Waals surface area contributed by atoms with Crippen LogP contribution in [0, 0.1) is 5.82 Å². The standard InChI is InChI=1S/C14H11ClFNO/c15-13(10-5-2-1-3-6-10)14(18)17-12-8-4-7-11(16)9-12/h1-9,13H,(H,17,18)/t13-/m1/s1. The van der Waals surface area contributed by atoms with Gasteiger partial charge in [-0.25, -0.2) is 4.39 Å². The normalized spacial score (nSPS) is 11.9. The minimum Gasteiger partial charge on any atom is -0.324 e. The molecule has 0 aromatic heterocycles. The lowest BCUT2D eigenvalue weighted by Gasteiger charge is -2.10. The van der Waals surface area contributed by atoms with Crippen molar-refractivity contribution < 1.29 is 9.18 Å². The zero-order valence-electron chi connectivity index (χ0n) is 9.44. The van der Waals surface area contributed by atoms with Gasteiger partial charge in [-0.1, -0.05) is 36.4 Å². The SMILES string of the molecule is O=C(Nc1cccc(F)c1)[C@H](Cl)c1ccccc1. The highest BCUT2D eigenvalue weighted by molar-refractivity contribution is 6.32. The molecule has 0 unspecified atom stereocenters. The minimum absolute atomic E-state index is 0.381. The van der Waals surface area contributed by atoms with Crippen LogP contribution in [0.15, 0.2) is 54.6 Å². The van der Waals surface area contributed by atoms with Gasteiger partial charge < -0.3 is 5.32 Å². The highest BCUT2D eigenvalue weighted by Crippen LogP contribution is 2.22. The summed E-state index contributed by atoms with van der Waals surface area (Å²) < 4.78 is 13.0. The van der Waals surface area contributed by atoms with Crippen molar-refractivity contribution in [1.29, 1.82) is 0 Å². The third-order valence-electron chi connectivity index (χ3n) is 2.41. The van der Waals surface area contributed by atoms with Crippen molar-refractivity contribution in [2.24, 2.45) is 0 Å². The third-order valence-corrected chi connectivity index (χ3v) is 2.86. The van der Waals surface area contributed by atoms with E-state index in [0.717, 1.165) is 0 Å². The van der Waals surface area contributed by atoms with Crippen molar-refractivity contribution in [2.45, 2.75) is 5.38 Å². The van der Waals surface area contributed by atoms with Gasteiger partial charge in [0.1, 0.15) is 11.2 Å². The summed E-state index contributed by atoms with van der Waals surface area (Å²) in [4.78, 5) is 11.9. The van der Waals surface area contributed by atoms with Gasteiger partial charge in [-0.3, -0.25) is 4.79 Å². The summed E-state index contributed by atoms with van der Waals surface area (Å²) in [5.41, 5.74) is 1.09. The molecule has 4 heteroatoms. The molecule has 0 saturated carbocycles. The molecule has 0 aliphatic heterocycles. The van der Waals surface area contributed by atoms with Crippen LogP contribution in [-0.4, -0.2) is 5.91 Å². The number of anilines is 1. The zero-order chi connectivity index (χ0) is 13.0. The maximum Gasteiger partial charge on any atom is 0.246 e. The van der Waals surface area contributed by atoms with Crippen LogP contribution < -0.4 is 5.32 Å². The number of carbonyl (C=O) groups is 1. The van der Waals surface area contributed by atoms with E-state index in [1.54, 1.807) is 30.3 Å². The van der Waals surface area contributed by atoms with E-state index in [9.17, 15) is 9.18 Å². The van der Waals surface area contributed by atoms with Gasteiger partial charge in [-0.05, 0) is 23.8 Å². The predicted octanol–water partition coefficient (Wildman–Crippen LogP) is 3.74. The first-order valence-electron chi connectivity index (χ1n) is 5.42. The Bertz CT molecular complexity index is 545. The van der Waals surface area contributed by atoms with Crippen LogP contribution >= 0.6 is 11.6 Å². The lowest BCUT2D eigenvalue weighted by molar-refractivity contribution is -0.116. The number of benzene rings is 2. The molecule has 2 aromatic rings. The molecule has 2 rings (SSSR count). The first-order valence-corrected chi connectivity index (χ1v) is 5.86. The molecule has 1 atom stereocenters. The fourth-order valence-corrected chi connectivity index (χ4v) is 1.75. The average Bonchev–Trinajstić information content (AvgIpc) is 2.39. The summed E-state index contributed by atoms with van der Waals surface area (Å²) in [5.74, 6) is -0.785. The molecule has 0 aliphatic carbocycles. The van der Waals surface area contributed by atoms with Crippen molar-refractivity contribution in [1.82, 2.24) is 0 Å². The number of hydrogen-bond donors (Lipinski definition) is 1. The summed E-state index contributed by atoms with van der Waals surface area (Å²) in [6, 6.07) is 14.7. The molecule has 0 spiro atoms. The predicted molar refractivity (Wildman–Crippen MR) is 70.1 cm³/mol. The first-order chi connectivity index (χ1) is 8.66. The molecule has 18 heavy (non-hydrogen) atoms. The van der Waals surface area contributed by atoms with Crippen molar-refractivity contribution in [2.75, 3.05) is 5.32 Å².